The predicted molar refractivity (Wildman–Crippen MR) is 85.6 cm³/mol. The fourth-order valence-corrected chi connectivity index (χ4v) is 2.66. The van der Waals surface area contributed by atoms with E-state index in [0.29, 0.717) is 13.0 Å². The first-order chi connectivity index (χ1) is 11.5. The molecule has 0 saturated carbocycles. The number of nitrogens with zero attached hydrogens (tertiary/aromatic N) is 1. The summed E-state index contributed by atoms with van der Waals surface area (Å²) in [5.74, 6) is -2.00. The second-order valence-corrected chi connectivity index (χ2v) is 5.62. The van der Waals surface area contributed by atoms with Gasteiger partial charge >= 0.3 is 0 Å². The van der Waals surface area contributed by atoms with Crippen LogP contribution in [0.15, 0.2) is 42.5 Å². The van der Waals surface area contributed by atoms with Gasteiger partial charge in [0.25, 0.3) is 5.91 Å². The van der Waals surface area contributed by atoms with E-state index in [1.807, 2.05) is 12.1 Å². The van der Waals surface area contributed by atoms with Crippen LogP contribution in [0.25, 0.3) is 0 Å². The fraction of sp³-hybridized carbons (Fsp3) is 0.222. The predicted octanol–water partition coefficient (Wildman–Crippen LogP) is 3.02. The third-order valence-electron chi connectivity index (χ3n) is 3.95. The minimum absolute atomic E-state index is 0.109. The van der Waals surface area contributed by atoms with Gasteiger partial charge in [0.05, 0.1) is 5.56 Å². The molecule has 0 atom stereocenters. The molecular weight excluding hydrogens is 314 g/mol. The zero-order chi connectivity index (χ0) is 17.1. The van der Waals surface area contributed by atoms with Crippen LogP contribution in [0, 0.1) is 11.6 Å². The lowest BCUT2D eigenvalue weighted by Crippen LogP contribution is -2.25. The van der Waals surface area contributed by atoms with Crippen LogP contribution in [0.4, 0.5) is 14.5 Å². The molecule has 24 heavy (non-hydrogen) atoms. The lowest BCUT2D eigenvalue weighted by molar-refractivity contribution is -0.117. The molecule has 1 saturated heterocycles. The van der Waals surface area contributed by atoms with E-state index in [2.05, 4.69) is 5.32 Å². The van der Waals surface area contributed by atoms with E-state index in [1.54, 1.807) is 17.0 Å². The highest BCUT2D eigenvalue weighted by molar-refractivity contribution is 5.95. The van der Waals surface area contributed by atoms with E-state index in [9.17, 15) is 18.4 Å². The molecule has 2 aromatic carbocycles. The van der Waals surface area contributed by atoms with Gasteiger partial charge in [0.1, 0.15) is 11.6 Å². The highest BCUT2D eigenvalue weighted by atomic mass is 19.1. The number of nitrogens with one attached hydrogen (secondary N) is 1. The van der Waals surface area contributed by atoms with Crippen LogP contribution in [0.5, 0.6) is 0 Å². The molecular formula is C18H16F2N2O2. The van der Waals surface area contributed by atoms with Crippen LogP contribution >= 0.6 is 0 Å². The van der Waals surface area contributed by atoms with E-state index < -0.39 is 17.5 Å². The molecule has 2 aromatic rings. The van der Waals surface area contributed by atoms with Gasteiger partial charge in [-0.3, -0.25) is 9.59 Å². The third kappa shape index (κ3) is 3.42. The fourth-order valence-electron chi connectivity index (χ4n) is 2.66. The maximum absolute atomic E-state index is 13.5. The molecule has 0 spiro atoms. The van der Waals surface area contributed by atoms with Gasteiger partial charge in [-0.2, -0.15) is 0 Å². The van der Waals surface area contributed by atoms with Gasteiger partial charge < -0.3 is 10.2 Å². The number of hydrogen-bond donors (Lipinski definition) is 1. The number of carbonyl (C=O) groups excluding carboxylic acids is 2. The largest absolute Gasteiger partial charge is 0.348 e. The number of rotatable bonds is 4. The Balaban J connectivity index is 1.63. The average molecular weight is 330 g/mol. The zero-order valence-electron chi connectivity index (χ0n) is 12.9. The summed E-state index contributed by atoms with van der Waals surface area (Å²) in [6, 6.07) is 9.97. The van der Waals surface area contributed by atoms with Crippen molar-refractivity contribution in [3.63, 3.8) is 0 Å². The Kier molecular flexibility index (Phi) is 4.55. The number of halogens is 2. The molecule has 2 amide bonds. The zero-order valence-corrected chi connectivity index (χ0v) is 12.9. The maximum Gasteiger partial charge on any atom is 0.254 e. The molecule has 0 unspecified atom stereocenters. The van der Waals surface area contributed by atoms with Gasteiger partial charge in [0, 0.05) is 25.2 Å². The molecule has 0 radical (unpaired) electrons. The third-order valence-corrected chi connectivity index (χ3v) is 3.95. The number of hydrogen-bond acceptors (Lipinski definition) is 2. The van der Waals surface area contributed by atoms with Gasteiger partial charge in [0.15, 0.2) is 0 Å². The SMILES string of the molecule is O=C(NCc1ccc(N2CCCC2=O)cc1)c1cc(F)ccc1F. The molecule has 0 bridgehead atoms. The molecule has 0 aromatic heterocycles. The van der Waals surface area contributed by atoms with Crippen molar-refractivity contribution in [2.75, 3.05) is 11.4 Å². The molecule has 6 heteroatoms. The molecule has 4 nitrogen and oxygen atoms in total. The number of amides is 2. The topological polar surface area (TPSA) is 49.4 Å². The minimum Gasteiger partial charge on any atom is -0.348 e. The van der Waals surface area contributed by atoms with Gasteiger partial charge in [-0.1, -0.05) is 12.1 Å². The summed E-state index contributed by atoms with van der Waals surface area (Å²) >= 11 is 0. The van der Waals surface area contributed by atoms with Crippen molar-refractivity contribution < 1.29 is 18.4 Å². The molecule has 1 aliphatic rings. The van der Waals surface area contributed by atoms with Crippen molar-refractivity contribution in [2.24, 2.45) is 0 Å². The summed E-state index contributed by atoms with van der Waals surface area (Å²) in [6.07, 6.45) is 1.42. The van der Waals surface area contributed by atoms with Gasteiger partial charge in [-0.25, -0.2) is 8.78 Å². The van der Waals surface area contributed by atoms with Crippen molar-refractivity contribution in [3.05, 3.63) is 65.2 Å². The molecule has 1 N–H and O–H groups in total. The van der Waals surface area contributed by atoms with Crippen LogP contribution in [0.2, 0.25) is 0 Å². The van der Waals surface area contributed by atoms with Crippen LogP contribution in [0.1, 0.15) is 28.8 Å². The Labute approximate surface area is 138 Å². The molecule has 1 heterocycles. The normalized spacial score (nSPS) is 14.1. The standard InChI is InChI=1S/C18H16F2N2O2/c19-13-5-8-16(20)15(10-13)18(24)21-11-12-3-6-14(7-4-12)22-9-1-2-17(22)23/h3-8,10H,1-2,9,11H2,(H,21,24). The average Bonchev–Trinajstić information content (AvgIpc) is 3.01. The maximum atomic E-state index is 13.5. The highest BCUT2D eigenvalue weighted by Gasteiger charge is 2.21. The summed E-state index contributed by atoms with van der Waals surface area (Å²) in [5.41, 5.74) is 1.30. The lowest BCUT2D eigenvalue weighted by Gasteiger charge is -2.16. The smallest absolute Gasteiger partial charge is 0.254 e. The Morgan fingerprint density at radius 2 is 1.88 bits per heavy atom. The summed E-state index contributed by atoms with van der Waals surface area (Å²) in [5, 5.41) is 2.55. The van der Waals surface area contributed by atoms with E-state index >= 15 is 0 Å². The van der Waals surface area contributed by atoms with Crippen molar-refractivity contribution in [1.29, 1.82) is 0 Å². The first-order valence-electron chi connectivity index (χ1n) is 7.67. The molecule has 3 rings (SSSR count). The highest BCUT2D eigenvalue weighted by Crippen LogP contribution is 2.21. The second kappa shape index (κ2) is 6.78. The van der Waals surface area contributed by atoms with Crippen LogP contribution < -0.4 is 10.2 Å². The van der Waals surface area contributed by atoms with Crippen molar-refractivity contribution in [2.45, 2.75) is 19.4 Å². The Morgan fingerprint density at radius 3 is 2.54 bits per heavy atom. The summed E-state index contributed by atoms with van der Waals surface area (Å²) in [4.78, 5) is 25.4. The molecule has 0 aliphatic carbocycles. The number of carbonyl (C=O) groups is 2. The number of anilines is 1. The Morgan fingerprint density at radius 1 is 1.12 bits per heavy atom. The first-order valence-corrected chi connectivity index (χ1v) is 7.67. The van der Waals surface area contributed by atoms with Crippen molar-refractivity contribution in [3.8, 4) is 0 Å². The Hall–Kier alpha value is -2.76. The van der Waals surface area contributed by atoms with E-state index in [-0.39, 0.29) is 18.0 Å². The molecule has 124 valence electrons. The van der Waals surface area contributed by atoms with Crippen molar-refractivity contribution >= 4 is 17.5 Å². The number of benzene rings is 2. The summed E-state index contributed by atoms with van der Waals surface area (Å²) in [6.45, 7) is 0.900. The molecule has 1 fully saturated rings. The first kappa shape index (κ1) is 16.1. The van der Waals surface area contributed by atoms with Crippen LogP contribution in [-0.2, 0) is 11.3 Å². The van der Waals surface area contributed by atoms with Gasteiger partial charge in [-0.15, -0.1) is 0 Å². The van der Waals surface area contributed by atoms with Crippen molar-refractivity contribution in [1.82, 2.24) is 5.32 Å². The van der Waals surface area contributed by atoms with Crippen LogP contribution in [0.3, 0.4) is 0 Å². The van der Waals surface area contributed by atoms with E-state index in [4.69, 9.17) is 0 Å². The summed E-state index contributed by atoms with van der Waals surface area (Å²) < 4.78 is 26.7. The Bertz CT molecular complexity index is 775. The second-order valence-electron chi connectivity index (χ2n) is 5.62. The minimum atomic E-state index is -0.767. The van der Waals surface area contributed by atoms with Crippen LogP contribution in [-0.4, -0.2) is 18.4 Å². The lowest BCUT2D eigenvalue weighted by atomic mass is 10.1. The van der Waals surface area contributed by atoms with Gasteiger partial charge in [0.2, 0.25) is 5.91 Å². The monoisotopic (exact) mass is 330 g/mol. The molecule has 1 aliphatic heterocycles. The summed E-state index contributed by atoms with van der Waals surface area (Å²) in [7, 11) is 0. The quantitative estimate of drug-likeness (QED) is 0.937. The van der Waals surface area contributed by atoms with E-state index in [1.165, 1.54) is 0 Å². The van der Waals surface area contributed by atoms with E-state index in [0.717, 1.165) is 35.9 Å². The van der Waals surface area contributed by atoms with Gasteiger partial charge in [-0.05, 0) is 42.3 Å².